The van der Waals surface area contributed by atoms with Crippen LogP contribution >= 0.6 is 0 Å². The quantitative estimate of drug-likeness (QED) is 0.531. The summed E-state index contributed by atoms with van der Waals surface area (Å²) in [7, 11) is -0.804. The number of hydrogen-bond acceptors (Lipinski definition) is 2. The summed E-state index contributed by atoms with van der Waals surface area (Å²) in [5.74, 6) is 3.50. The Kier molecular flexibility index (Phi) is 5.75. The van der Waals surface area contributed by atoms with E-state index in [9.17, 15) is 9.32 Å². The van der Waals surface area contributed by atoms with Crippen LogP contribution in [0, 0.1) is 39.9 Å². The molecule has 0 aliphatic heterocycles. The first-order valence-corrected chi connectivity index (χ1v) is 13.7. The van der Waals surface area contributed by atoms with E-state index in [1.807, 2.05) is 6.92 Å². The molecule has 0 saturated heterocycles. The maximum atomic E-state index is 13.0. The minimum Gasteiger partial charge on any atom is -0.392 e. The van der Waals surface area contributed by atoms with E-state index in [4.69, 9.17) is 0 Å². The van der Waals surface area contributed by atoms with Gasteiger partial charge in [0, 0.05) is 27.2 Å². The molecule has 0 heterocycles. The standard InChI is InChI=1S/C27H44O2S/c1-17(2)16-30(29)18(3)20-9-10-21-19-8-11-23-25(4,5)24(28)13-15-27(23,7)22(19)12-14-26(20,21)6/h11,18-22,24,28H,1,8-10,12-16H2,2-7H3/t18?,19?,20?,21?,22?,24-,26?,27?,30?/m0/s1. The van der Waals surface area contributed by atoms with Gasteiger partial charge >= 0.3 is 0 Å². The Morgan fingerprint density at radius 1 is 1.17 bits per heavy atom. The Bertz CT molecular complexity index is 767. The highest BCUT2D eigenvalue weighted by Crippen LogP contribution is 2.68. The predicted molar refractivity (Wildman–Crippen MR) is 128 cm³/mol. The molecule has 0 amide bonds. The van der Waals surface area contributed by atoms with Gasteiger partial charge in [-0.3, -0.25) is 4.21 Å². The molecule has 0 spiro atoms. The van der Waals surface area contributed by atoms with Crippen molar-refractivity contribution in [1.82, 2.24) is 0 Å². The van der Waals surface area contributed by atoms with Crippen LogP contribution in [-0.2, 0) is 10.8 Å². The van der Waals surface area contributed by atoms with Crippen molar-refractivity contribution in [2.24, 2.45) is 39.9 Å². The molecule has 0 aromatic heterocycles. The van der Waals surface area contributed by atoms with Crippen molar-refractivity contribution in [3.8, 4) is 0 Å². The van der Waals surface area contributed by atoms with Crippen LogP contribution in [0.2, 0.25) is 0 Å². The molecule has 30 heavy (non-hydrogen) atoms. The Balaban J connectivity index is 1.61. The van der Waals surface area contributed by atoms with Crippen LogP contribution in [0.1, 0.15) is 86.5 Å². The number of aliphatic hydroxyl groups excluding tert-OH is 1. The Hall–Kier alpha value is -0.410. The maximum Gasteiger partial charge on any atom is 0.0628 e. The summed E-state index contributed by atoms with van der Waals surface area (Å²) in [4.78, 5) is 0. The first-order chi connectivity index (χ1) is 13.9. The second-order valence-electron chi connectivity index (χ2n) is 12.3. The van der Waals surface area contributed by atoms with Gasteiger partial charge in [-0.2, -0.15) is 0 Å². The summed E-state index contributed by atoms with van der Waals surface area (Å²) in [6.07, 6.45) is 10.7. The zero-order valence-corrected chi connectivity index (χ0v) is 21.0. The van der Waals surface area contributed by atoms with E-state index in [0.29, 0.717) is 17.1 Å². The van der Waals surface area contributed by atoms with Gasteiger partial charge in [0.15, 0.2) is 0 Å². The van der Waals surface area contributed by atoms with Gasteiger partial charge < -0.3 is 5.11 Å². The van der Waals surface area contributed by atoms with Crippen molar-refractivity contribution in [1.29, 1.82) is 0 Å². The molecule has 3 fully saturated rings. The van der Waals surface area contributed by atoms with Gasteiger partial charge in [0.25, 0.3) is 0 Å². The molecule has 0 aromatic carbocycles. The van der Waals surface area contributed by atoms with Crippen LogP contribution in [0.3, 0.4) is 0 Å². The highest BCUT2D eigenvalue weighted by molar-refractivity contribution is 7.85. The van der Waals surface area contributed by atoms with Gasteiger partial charge in [-0.05, 0) is 86.4 Å². The fourth-order valence-electron chi connectivity index (χ4n) is 8.76. The van der Waals surface area contributed by atoms with Crippen molar-refractivity contribution < 1.29 is 9.32 Å². The second-order valence-corrected chi connectivity index (χ2v) is 14.1. The van der Waals surface area contributed by atoms with E-state index in [0.717, 1.165) is 36.2 Å². The lowest BCUT2D eigenvalue weighted by Crippen LogP contribution is -2.54. The lowest BCUT2D eigenvalue weighted by Gasteiger charge is -2.61. The number of aliphatic hydroxyl groups is 1. The van der Waals surface area contributed by atoms with Crippen LogP contribution < -0.4 is 0 Å². The number of fused-ring (bicyclic) bond motifs is 5. The zero-order valence-electron chi connectivity index (χ0n) is 20.2. The largest absolute Gasteiger partial charge is 0.392 e. The maximum absolute atomic E-state index is 13.0. The van der Waals surface area contributed by atoms with Crippen molar-refractivity contribution in [2.45, 2.75) is 97.8 Å². The molecule has 9 atom stereocenters. The van der Waals surface area contributed by atoms with Crippen molar-refractivity contribution in [2.75, 3.05) is 5.75 Å². The number of allylic oxidation sites excluding steroid dienone is 1. The average Bonchev–Trinajstić information content (AvgIpc) is 3.01. The molecule has 0 bridgehead atoms. The molecule has 0 aromatic rings. The van der Waals surface area contributed by atoms with Gasteiger partial charge in [-0.25, -0.2) is 0 Å². The SMILES string of the molecule is C=C(C)CS(=O)C(C)C1CCC2C3CC=C4C(C)(CC[C@H](O)C4(C)C)C3CCC21C. The summed E-state index contributed by atoms with van der Waals surface area (Å²) < 4.78 is 13.0. The lowest BCUT2D eigenvalue weighted by atomic mass is 9.44. The molecular weight excluding hydrogens is 388 g/mol. The van der Waals surface area contributed by atoms with Crippen LogP contribution in [0.5, 0.6) is 0 Å². The third-order valence-corrected chi connectivity index (χ3v) is 12.3. The Morgan fingerprint density at radius 2 is 1.87 bits per heavy atom. The zero-order chi connectivity index (χ0) is 22.1. The topological polar surface area (TPSA) is 37.3 Å². The van der Waals surface area contributed by atoms with Crippen molar-refractivity contribution in [3.05, 3.63) is 23.8 Å². The summed E-state index contributed by atoms with van der Waals surface area (Å²) in [5.41, 5.74) is 3.08. The third-order valence-electron chi connectivity index (χ3n) is 10.4. The molecule has 4 aliphatic carbocycles. The van der Waals surface area contributed by atoms with Crippen LogP contribution in [-0.4, -0.2) is 26.4 Å². The number of hydrogen-bond donors (Lipinski definition) is 1. The first kappa shape index (κ1) is 22.8. The minimum absolute atomic E-state index is 0.0924. The summed E-state index contributed by atoms with van der Waals surface area (Å²) >= 11 is 0. The van der Waals surface area contributed by atoms with Gasteiger partial charge in [0.05, 0.1) is 6.10 Å². The molecule has 4 rings (SSSR count). The molecule has 170 valence electrons. The molecule has 3 heteroatoms. The summed E-state index contributed by atoms with van der Waals surface area (Å²) in [6.45, 7) is 17.8. The van der Waals surface area contributed by atoms with Gasteiger partial charge in [-0.15, -0.1) is 0 Å². The normalized spacial score (nSPS) is 46.8. The van der Waals surface area contributed by atoms with Gasteiger partial charge in [0.2, 0.25) is 0 Å². The first-order valence-electron chi connectivity index (χ1n) is 12.3. The van der Waals surface area contributed by atoms with E-state index >= 15 is 0 Å². The highest BCUT2D eigenvalue weighted by atomic mass is 32.2. The van der Waals surface area contributed by atoms with Crippen LogP contribution in [0.4, 0.5) is 0 Å². The third kappa shape index (κ3) is 3.24. The minimum atomic E-state index is -0.804. The van der Waals surface area contributed by atoms with Gasteiger partial charge in [0.1, 0.15) is 0 Å². The Labute approximate surface area is 187 Å². The molecular formula is C27H44O2S. The molecule has 3 saturated carbocycles. The molecule has 0 radical (unpaired) electrons. The molecule has 2 nitrogen and oxygen atoms in total. The van der Waals surface area contributed by atoms with E-state index < -0.39 is 10.8 Å². The second kappa shape index (κ2) is 7.58. The fraction of sp³-hybridized carbons (Fsp3) is 0.852. The van der Waals surface area contributed by atoms with Crippen LogP contribution in [0.15, 0.2) is 23.8 Å². The van der Waals surface area contributed by atoms with E-state index in [1.165, 1.54) is 32.1 Å². The van der Waals surface area contributed by atoms with E-state index in [1.54, 1.807) is 5.57 Å². The smallest absolute Gasteiger partial charge is 0.0628 e. The molecule has 4 aliphatic rings. The summed E-state index contributed by atoms with van der Waals surface area (Å²) in [6, 6.07) is 0. The fourth-order valence-corrected chi connectivity index (χ4v) is 10.3. The Morgan fingerprint density at radius 3 is 2.53 bits per heavy atom. The average molecular weight is 433 g/mol. The van der Waals surface area contributed by atoms with Gasteiger partial charge in [-0.1, -0.05) is 58.4 Å². The summed E-state index contributed by atoms with van der Waals surface area (Å²) in [5, 5.41) is 11.0. The van der Waals surface area contributed by atoms with E-state index in [2.05, 4.69) is 47.3 Å². The molecule has 8 unspecified atom stereocenters. The number of rotatable bonds is 4. The van der Waals surface area contributed by atoms with Crippen molar-refractivity contribution in [3.63, 3.8) is 0 Å². The lowest BCUT2D eigenvalue weighted by molar-refractivity contribution is -0.0734. The monoisotopic (exact) mass is 432 g/mol. The van der Waals surface area contributed by atoms with Crippen molar-refractivity contribution >= 4 is 10.8 Å². The van der Waals surface area contributed by atoms with Crippen LogP contribution in [0.25, 0.3) is 0 Å². The predicted octanol–water partition coefficient (Wildman–Crippen LogP) is 6.28. The molecule has 1 N–H and O–H groups in total. The van der Waals surface area contributed by atoms with E-state index in [-0.39, 0.29) is 22.2 Å². The highest BCUT2D eigenvalue weighted by Gasteiger charge is 2.61.